The van der Waals surface area contributed by atoms with E-state index in [0.717, 1.165) is 11.0 Å². The smallest absolute Gasteiger partial charge is 0.203 e. The lowest BCUT2D eigenvalue weighted by atomic mass is 10.1. The lowest BCUT2D eigenvalue weighted by molar-refractivity contribution is 0.470. The first-order valence-corrected chi connectivity index (χ1v) is 7.23. The average molecular weight is 306 g/mol. The van der Waals surface area contributed by atoms with Gasteiger partial charge in [0.2, 0.25) is 5.43 Å². The molecule has 4 rings (SSSR count). The van der Waals surface area contributed by atoms with E-state index in [1.165, 1.54) is 12.3 Å². The summed E-state index contributed by atoms with van der Waals surface area (Å²) in [6.07, 6.45) is 1.40. The molecule has 1 N–H and O–H groups in total. The van der Waals surface area contributed by atoms with E-state index in [1.54, 1.807) is 13.0 Å². The Hall–Kier alpha value is -3.08. The van der Waals surface area contributed by atoms with Crippen LogP contribution in [0.25, 0.3) is 33.4 Å². The van der Waals surface area contributed by atoms with Crippen molar-refractivity contribution >= 4 is 22.0 Å². The molecule has 114 valence electrons. The molecule has 0 aliphatic heterocycles. The fourth-order valence-corrected chi connectivity index (χ4v) is 2.81. The number of benzene rings is 2. The van der Waals surface area contributed by atoms with Crippen molar-refractivity contribution < 1.29 is 9.52 Å². The van der Waals surface area contributed by atoms with E-state index >= 15 is 0 Å². The molecule has 5 heteroatoms. The number of para-hydroxylation sites is 2. The van der Waals surface area contributed by atoms with Crippen LogP contribution in [0.4, 0.5) is 0 Å². The molecular weight excluding hydrogens is 292 g/mol. The number of aromatic nitrogens is 2. The number of hydrogen-bond acceptors (Lipinski definition) is 4. The largest absolute Gasteiger partial charge is 0.508 e. The van der Waals surface area contributed by atoms with Crippen molar-refractivity contribution in [3.63, 3.8) is 0 Å². The van der Waals surface area contributed by atoms with Gasteiger partial charge in [-0.3, -0.25) is 4.79 Å². The fourth-order valence-electron chi connectivity index (χ4n) is 2.81. The SMILES string of the molecule is Cc1cc2c(=O)c(-c3nc4ccccc4n3C)coc2cc1O. The van der Waals surface area contributed by atoms with Crippen LogP contribution < -0.4 is 5.43 Å². The Labute approximate surface area is 131 Å². The number of fused-ring (bicyclic) bond motifs is 2. The maximum Gasteiger partial charge on any atom is 0.203 e. The van der Waals surface area contributed by atoms with Crippen molar-refractivity contribution in [2.45, 2.75) is 6.92 Å². The molecule has 2 heterocycles. The van der Waals surface area contributed by atoms with E-state index in [2.05, 4.69) is 4.98 Å². The minimum absolute atomic E-state index is 0.108. The van der Waals surface area contributed by atoms with Crippen LogP contribution in [0, 0.1) is 6.92 Å². The molecular formula is C18H14N2O3. The summed E-state index contributed by atoms with van der Waals surface area (Å²) in [5, 5.41) is 10.2. The van der Waals surface area contributed by atoms with Gasteiger partial charge >= 0.3 is 0 Å². The lowest BCUT2D eigenvalue weighted by Crippen LogP contribution is -2.08. The Balaban J connectivity index is 2.05. The van der Waals surface area contributed by atoms with E-state index in [1.807, 2.05) is 35.9 Å². The van der Waals surface area contributed by atoms with Crippen LogP contribution in [0.3, 0.4) is 0 Å². The Morgan fingerprint density at radius 3 is 2.78 bits per heavy atom. The van der Waals surface area contributed by atoms with Gasteiger partial charge in [0, 0.05) is 13.1 Å². The second-order valence-corrected chi connectivity index (χ2v) is 5.60. The van der Waals surface area contributed by atoms with E-state index in [4.69, 9.17) is 4.42 Å². The highest BCUT2D eigenvalue weighted by Crippen LogP contribution is 2.26. The third kappa shape index (κ3) is 1.93. The van der Waals surface area contributed by atoms with Crippen molar-refractivity contribution in [1.29, 1.82) is 0 Å². The zero-order chi connectivity index (χ0) is 16.1. The first-order chi connectivity index (χ1) is 11.1. The van der Waals surface area contributed by atoms with Crippen molar-refractivity contribution in [3.8, 4) is 17.1 Å². The Morgan fingerprint density at radius 2 is 2.00 bits per heavy atom. The van der Waals surface area contributed by atoms with Gasteiger partial charge in [0.05, 0.1) is 16.4 Å². The topological polar surface area (TPSA) is 68.3 Å². The quantitative estimate of drug-likeness (QED) is 0.585. The zero-order valence-electron chi connectivity index (χ0n) is 12.7. The molecule has 0 atom stereocenters. The van der Waals surface area contributed by atoms with Crippen LogP contribution in [-0.4, -0.2) is 14.7 Å². The van der Waals surface area contributed by atoms with Gasteiger partial charge in [0.25, 0.3) is 0 Å². The van der Waals surface area contributed by atoms with Crippen LogP contribution in [0.15, 0.2) is 51.9 Å². The Bertz CT molecular complexity index is 1120. The number of aryl methyl sites for hydroxylation is 2. The molecule has 0 bridgehead atoms. The van der Waals surface area contributed by atoms with E-state index in [-0.39, 0.29) is 11.2 Å². The highest BCUT2D eigenvalue weighted by Gasteiger charge is 2.16. The molecule has 0 spiro atoms. The molecule has 0 aliphatic rings. The highest BCUT2D eigenvalue weighted by molar-refractivity contribution is 5.85. The van der Waals surface area contributed by atoms with Crippen molar-refractivity contribution in [2.75, 3.05) is 0 Å². The first kappa shape index (κ1) is 13.6. The molecule has 0 radical (unpaired) electrons. The minimum atomic E-state index is -0.159. The number of phenolic OH excluding ortho intramolecular Hbond substituents is 1. The number of phenols is 1. The molecule has 0 unspecified atom stereocenters. The number of imidazole rings is 1. The van der Waals surface area contributed by atoms with Gasteiger partial charge in [-0.1, -0.05) is 12.1 Å². The zero-order valence-corrected chi connectivity index (χ0v) is 12.7. The number of hydrogen-bond donors (Lipinski definition) is 1. The van der Waals surface area contributed by atoms with Gasteiger partial charge in [-0.2, -0.15) is 0 Å². The summed E-state index contributed by atoms with van der Waals surface area (Å²) >= 11 is 0. The lowest BCUT2D eigenvalue weighted by Gasteiger charge is -2.05. The van der Waals surface area contributed by atoms with E-state index in [0.29, 0.717) is 27.9 Å². The highest BCUT2D eigenvalue weighted by atomic mass is 16.3. The van der Waals surface area contributed by atoms with Gasteiger partial charge in [-0.05, 0) is 30.7 Å². The number of rotatable bonds is 1. The molecule has 0 aliphatic carbocycles. The summed E-state index contributed by atoms with van der Waals surface area (Å²) in [5.74, 6) is 0.670. The molecule has 4 aromatic rings. The van der Waals surface area contributed by atoms with Crippen molar-refractivity contribution in [2.24, 2.45) is 7.05 Å². The van der Waals surface area contributed by atoms with Crippen LogP contribution in [0.1, 0.15) is 5.56 Å². The van der Waals surface area contributed by atoms with Gasteiger partial charge < -0.3 is 14.1 Å². The predicted octanol–water partition coefficient (Wildman–Crippen LogP) is 3.36. The monoisotopic (exact) mass is 306 g/mol. The normalized spacial score (nSPS) is 11.4. The molecule has 5 nitrogen and oxygen atoms in total. The van der Waals surface area contributed by atoms with Gasteiger partial charge in [0.15, 0.2) is 0 Å². The fraction of sp³-hybridized carbons (Fsp3) is 0.111. The molecule has 2 aromatic carbocycles. The standard InChI is InChI=1S/C18H14N2O3/c1-10-7-11-16(8-15(10)21)23-9-12(17(11)22)18-19-13-5-3-4-6-14(13)20(18)2/h3-9,21H,1-2H3. The summed E-state index contributed by atoms with van der Waals surface area (Å²) in [7, 11) is 1.87. The molecule has 0 fully saturated rings. The third-order valence-corrected chi connectivity index (χ3v) is 4.12. The molecule has 2 aromatic heterocycles. The van der Waals surface area contributed by atoms with Crippen LogP contribution in [-0.2, 0) is 7.05 Å². The third-order valence-electron chi connectivity index (χ3n) is 4.12. The van der Waals surface area contributed by atoms with E-state index in [9.17, 15) is 9.90 Å². The van der Waals surface area contributed by atoms with Gasteiger partial charge in [-0.25, -0.2) is 4.98 Å². The molecule has 23 heavy (non-hydrogen) atoms. The summed E-state index contributed by atoms with van der Waals surface area (Å²) in [6, 6.07) is 10.8. The maximum atomic E-state index is 12.8. The predicted molar refractivity (Wildman–Crippen MR) is 88.6 cm³/mol. The molecule has 0 saturated carbocycles. The van der Waals surface area contributed by atoms with Crippen LogP contribution >= 0.6 is 0 Å². The van der Waals surface area contributed by atoms with Gasteiger partial charge in [-0.15, -0.1) is 0 Å². The Kier molecular flexibility index (Phi) is 2.78. The average Bonchev–Trinajstić information content (AvgIpc) is 2.87. The first-order valence-electron chi connectivity index (χ1n) is 7.23. The summed E-state index contributed by atoms with van der Waals surface area (Å²) in [5.41, 5.74) is 3.01. The second-order valence-electron chi connectivity index (χ2n) is 5.60. The van der Waals surface area contributed by atoms with Crippen molar-refractivity contribution in [3.05, 3.63) is 58.4 Å². The van der Waals surface area contributed by atoms with E-state index < -0.39 is 0 Å². The molecule has 0 saturated heterocycles. The number of aromatic hydroxyl groups is 1. The number of nitrogens with zero attached hydrogens (tertiary/aromatic N) is 2. The molecule has 0 amide bonds. The minimum Gasteiger partial charge on any atom is -0.508 e. The second kappa shape index (κ2) is 4.71. The maximum absolute atomic E-state index is 12.8. The van der Waals surface area contributed by atoms with Crippen LogP contribution in [0.2, 0.25) is 0 Å². The van der Waals surface area contributed by atoms with Crippen LogP contribution in [0.5, 0.6) is 5.75 Å². The Morgan fingerprint density at radius 1 is 1.22 bits per heavy atom. The summed E-state index contributed by atoms with van der Waals surface area (Å²) < 4.78 is 7.43. The van der Waals surface area contributed by atoms with Crippen molar-refractivity contribution in [1.82, 2.24) is 9.55 Å². The summed E-state index contributed by atoms with van der Waals surface area (Å²) in [4.78, 5) is 17.4. The van der Waals surface area contributed by atoms with Gasteiger partial charge in [0.1, 0.15) is 29.0 Å². The summed E-state index contributed by atoms with van der Waals surface area (Å²) in [6.45, 7) is 1.75.